The van der Waals surface area contributed by atoms with Gasteiger partial charge < -0.3 is 20.3 Å². The third kappa shape index (κ3) is 12.2. The first kappa shape index (κ1) is 23.2. The number of hydrogen-bond acceptors (Lipinski definition) is 3. The molecule has 128 valence electrons. The predicted octanol–water partition coefficient (Wildman–Crippen LogP) is 2.32. The molecule has 0 fully saturated rings. The molecular formula is C15H35IN4O. The largest absolute Gasteiger partial charge is 0.377 e. The lowest BCUT2D eigenvalue weighted by Gasteiger charge is -2.21. The Bertz CT molecular complexity index is 268. The molecular weight excluding hydrogens is 379 g/mol. The Balaban J connectivity index is 0. The monoisotopic (exact) mass is 414 g/mol. The molecule has 0 aliphatic heterocycles. The van der Waals surface area contributed by atoms with Gasteiger partial charge in [-0.2, -0.15) is 0 Å². The average molecular weight is 414 g/mol. The third-order valence-corrected chi connectivity index (χ3v) is 3.35. The van der Waals surface area contributed by atoms with Crippen molar-refractivity contribution in [3.63, 3.8) is 0 Å². The number of nitrogens with one attached hydrogen (secondary N) is 2. The molecule has 6 heteroatoms. The quantitative estimate of drug-likeness (QED) is 0.249. The molecule has 0 aromatic rings. The minimum Gasteiger partial charge on any atom is -0.377 e. The summed E-state index contributed by atoms with van der Waals surface area (Å²) in [5, 5.41) is 6.64. The molecule has 0 bridgehead atoms. The van der Waals surface area contributed by atoms with Crippen LogP contribution in [0.5, 0.6) is 0 Å². The van der Waals surface area contributed by atoms with Crippen molar-refractivity contribution < 1.29 is 4.74 Å². The van der Waals surface area contributed by atoms with E-state index in [1.165, 1.54) is 0 Å². The summed E-state index contributed by atoms with van der Waals surface area (Å²) in [6.45, 7) is 16.4. The summed E-state index contributed by atoms with van der Waals surface area (Å²) in [5.41, 5.74) is -0.219. The standard InChI is InChI=1S/C15H34N4O.HI/c1-7-16-14(18-13-15(4,5)20-6)17-11-10-12-19(8-2)9-3;/h7-13H2,1-6H3,(H2,16,17,18);1H. The van der Waals surface area contributed by atoms with E-state index in [4.69, 9.17) is 4.74 Å². The van der Waals surface area contributed by atoms with Gasteiger partial charge in [-0.1, -0.05) is 13.8 Å². The van der Waals surface area contributed by atoms with Crippen LogP contribution in [-0.4, -0.2) is 62.8 Å². The molecule has 0 spiro atoms. The number of halogens is 1. The zero-order chi connectivity index (χ0) is 15.4. The molecule has 0 atom stereocenters. The molecule has 0 rings (SSSR count). The number of rotatable bonds is 10. The maximum Gasteiger partial charge on any atom is 0.191 e. The zero-order valence-electron chi connectivity index (χ0n) is 14.7. The van der Waals surface area contributed by atoms with E-state index in [2.05, 4.69) is 41.3 Å². The van der Waals surface area contributed by atoms with Gasteiger partial charge in [0.25, 0.3) is 0 Å². The predicted molar refractivity (Wildman–Crippen MR) is 103 cm³/mol. The van der Waals surface area contributed by atoms with Crippen LogP contribution in [0.4, 0.5) is 0 Å². The number of nitrogens with zero attached hydrogens (tertiary/aromatic N) is 2. The number of methoxy groups -OCH3 is 1. The van der Waals surface area contributed by atoms with Crippen LogP contribution in [-0.2, 0) is 4.74 Å². The Kier molecular flexibility index (Phi) is 15.0. The van der Waals surface area contributed by atoms with Gasteiger partial charge in [0.05, 0.1) is 12.1 Å². The van der Waals surface area contributed by atoms with Gasteiger partial charge >= 0.3 is 0 Å². The summed E-state index contributed by atoms with van der Waals surface area (Å²) in [7, 11) is 1.72. The molecule has 0 amide bonds. The summed E-state index contributed by atoms with van der Waals surface area (Å²) >= 11 is 0. The lowest BCUT2D eigenvalue weighted by Crippen LogP contribution is -2.40. The second-order valence-electron chi connectivity index (χ2n) is 5.47. The van der Waals surface area contributed by atoms with E-state index in [0.717, 1.165) is 45.1 Å². The summed E-state index contributed by atoms with van der Waals surface area (Å²) in [6.07, 6.45) is 1.12. The Morgan fingerprint density at radius 1 is 1.14 bits per heavy atom. The SMILES string of the molecule is CCNC(=NCC(C)(C)OC)NCCCN(CC)CC.I. The molecule has 0 aliphatic rings. The van der Waals surface area contributed by atoms with Gasteiger partial charge in [0.15, 0.2) is 5.96 Å². The van der Waals surface area contributed by atoms with Crippen molar-refractivity contribution in [2.75, 3.05) is 46.4 Å². The van der Waals surface area contributed by atoms with Gasteiger partial charge in [0.1, 0.15) is 0 Å². The molecule has 0 aliphatic carbocycles. The van der Waals surface area contributed by atoms with Crippen LogP contribution in [0.2, 0.25) is 0 Å². The minimum atomic E-state index is -0.219. The molecule has 0 aromatic heterocycles. The smallest absolute Gasteiger partial charge is 0.191 e. The van der Waals surface area contributed by atoms with Crippen molar-refractivity contribution in [1.29, 1.82) is 0 Å². The van der Waals surface area contributed by atoms with Crippen LogP contribution in [0.3, 0.4) is 0 Å². The van der Waals surface area contributed by atoms with E-state index in [1.807, 2.05) is 13.8 Å². The first-order chi connectivity index (χ1) is 9.49. The molecule has 5 nitrogen and oxygen atoms in total. The minimum absolute atomic E-state index is 0. The van der Waals surface area contributed by atoms with Crippen molar-refractivity contribution in [3.8, 4) is 0 Å². The highest BCUT2D eigenvalue weighted by Crippen LogP contribution is 2.06. The van der Waals surface area contributed by atoms with Crippen LogP contribution in [0, 0.1) is 0 Å². The van der Waals surface area contributed by atoms with Crippen LogP contribution in [0.25, 0.3) is 0 Å². The van der Waals surface area contributed by atoms with Gasteiger partial charge in [0.2, 0.25) is 0 Å². The molecule has 0 saturated heterocycles. The van der Waals surface area contributed by atoms with Crippen molar-refractivity contribution in [2.45, 2.75) is 46.6 Å². The van der Waals surface area contributed by atoms with E-state index in [1.54, 1.807) is 7.11 Å². The van der Waals surface area contributed by atoms with Crippen LogP contribution in [0.15, 0.2) is 4.99 Å². The average Bonchev–Trinajstić information content (AvgIpc) is 2.45. The molecule has 0 aromatic carbocycles. The second kappa shape index (κ2) is 13.6. The number of guanidine groups is 1. The fourth-order valence-electron chi connectivity index (χ4n) is 1.73. The highest BCUT2D eigenvalue weighted by atomic mass is 127. The summed E-state index contributed by atoms with van der Waals surface area (Å²) in [6, 6.07) is 0. The maximum atomic E-state index is 5.38. The van der Waals surface area contributed by atoms with E-state index in [0.29, 0.717) is 6.54 Å². The molecule has 0 radical (unpaired) electrons. The third-order valence-electron chi connectivity index (χ3n) is 3.35. The highest BCUT2D eigenvalue weighted by Gasteiger charge is 2.15. The summed E-state index contributed by atoms with van der Waals surface area (Å²) in [5.74, 6) is 0.872. The lowest BCUT2D eigenvalue weighted by molar-refractivity contribution is 0.0310. The van der Waals surface area contributed by atoms with E-state index < -0.39 is 0 Å². The number of hydrogen-bond donors (Lipinski definition) is 2. The second-order valence-corrected chi connectivity index (χ2v) is 5.47. The van der Waals surface area contributed by atoms with Crippen molar-refractivity contribution in [1.82, 2.24) is 15.5 Å². The maximum absolute atomic E-state index is 5.38. The van der Waals surface area contributed by atoms with Crippen LogP contribution < -0.4 is 10.6 Å². The summed E-state index contributed by atoms with van der Waals surface area (Å²) in [4.78, 5) is 7.00. The molecule has 0 saturated carbocycles. The van der Waals surface area contributed by atoms with E-state index >= 15 is 0 Å². The Morgan fingerprint density at radius 2 is 1.76 bits per heavy atom. The van der Waals surface area contributed by atoms with Gasteiger partial charge in [-0.15, -0.1) is 24.0 Å². The fraction of sp³-hybridized carbons (Fsp3) is 0.933. The van der Waals surface area contributed by atoms with Gasteiger partial charge in [0, 0.05) is 20.2 Å². The lowest BCUT2D eigenvalue weighted by atomic mass is 10.1. The van der Waals surface area contributed by atoms with Gasteiger partial charge in [-0.25, -0.2) is 0 Å². The van der Waals surface area contributed by atoms with Gasteiger partial charge in [-0.05, 0) is 46.8 Å². The fourth-order valence-corrected chi connectivity index (χ4v) is 1.73. The van der Waals surface area contributed by atoms with Crippen molar-refractivity contribution in [2.24, 2.45) is 4.99 Å². The first-order valence-corrected chi connectivity index (χ1v) is 7.78. The van der Waals surface area contributed by atoms with E-state index in [9.17, 15) is 0 Å². The Labute approximate surface area is 148 Å². The number of ether oxygens (including phenoxy) is 1. The molecule has 21 heavy (non-hydrogen) atoms. The molecule has 0 heterocycles. The topological polar surface area (TPSA) is 48.9 Å². The highest BCUT2D eigenvalue weighted by molar-refractivity contribution is 14.0. The Morgan fingerprint density at radius 3 is 2.24 bits per heavy atom. The summed E-state index contributed by atoms with van der Waals surface area (Å²) < 4.78 is 5.38. The van der Waals surface area contributed by atoms with Crippen LogP contribution in [0.1, 0.15) is 41.0 Å². The van der Waals surface area contributed by atoms with Gasteiger partial charge in [-0.3, -0.25) is 4.99 Å². The number of aliphatic imine (C=N–C) groups is 1. The molecule has 2 N–H and O–H groups in total. The van der Waals surface area contributed by atoms with Crippen LogP contribution >= 0.6 is 24.0 Å². The first-order valence-electron chi connectivity index (χ1n) is 7.78. The zero-order valence-corrected chi connectivity index (χ0v) is 17.0. The molecule has 0 unspecified atom stereocenters. The van der Waals surface area contributed by atoms with Crippen molar-refractivity contribution in [3.05, 3.63) is 0 Å². The van der Waals surface area contributed by atoms with E-state index in [-0.39, 0.29) is 29.6 Å². The Hall–Kier alpha value is -0.0800. The normalized spacial score (nSPS) is 12.2. The van der Waals surface area contributed by atoms with Crippen molar-refractivity contribution >= 4 is 29.9 Å².